The first-order valence-electron chi connectivity index (χ1n) is 21.3. The van der Waals surface area contributed by atoms with Crippen LogP contribution in [0, 0.1) is 23.0 Å². The highest BCUT2D eigenvalue weighted by Gasteiger charge is 2.66. The molecule has 3 aliphatic rings. The van der Waals surface area contributed by atoms with Gasteiger partial charge in [0.15, 0.2) is 5.13 Å². The van der Waals surface area contributed by atoms with E-state index >= 15 is 8.78 Å². The average molecular weight is 943 g/mol. The van der Waals surface area contributed by atoms with Gasteiger partial charge >= 0.3 is 6.09 Å². The lowest BCUT2D eigenvalue weighted by molar-refractivity contribution is -0.142. The minimum Gasteiger partial charge on any atom is -0.497 e. The third kappa shape index (κ3) is 10.0. The molecule has 7 rings (SSSR count). The smallest absolute Gasteiger partial charge is 0.408 e. The molecule has 4 aromatic rings. The monoisotopic (exact) mass is 942 g/mol. The summed E-state index contributed by atoms with van der Waals surface area (Å²) in [6, 6.07) is 6.42. The zero-order chi connectivity index (χ0) is 46.3. The molecule has 0 spiro atoms. The number of anilines is 1. The zero-order valence-electron chi connectivity index (χ0n) is 36.6. The molecule has 1 aliphatic heterocycles. The van der Waals surface area contributed by atoms with Crippen LogP contribution < -0.4 is 25.4 Å². The van der Waals surface area contributed by atoms with Gasteiger partial charge in [-0.1, -0.05) is 38.4 Å². The van der Waals surface area contributed by atoms with Crippen molar-refractivity contribution in [2.75, 3.05) is 19.0 Å². The predicted molar refractivity (Wildman–Crippen MR) is 242 cm³/mol. The van der Waals surface area contributed by atoms with Gasteiger partial charge in [-0.15, -0.1) is 17.9 Å². The highest BCUT2D eigenvalue weighted by molar-refractivity contribution is 7.59. The lowest BCUT2D eigenvalue weighted by atomic mass is 9.85. The van der Waals surface area contributed by atoms with E-state index in [0.29, 0.717) is 51.8 Å². The minimum absolute atomic E-state index is 0.0487. The number of alkyl carbamates (subject to hydrolysis) is 1. The molecule has 3 heterocycles. The Labute approximate surface area is 379 Å². The van der Waals surface area contributed by atoms with Gasteiger partial charge in [0.2, 0.25) is 19.2 Å². The van der Waals surface area contributed by atoms with Crippen LogP contribution in [0.4, 0.5) is 18.7 Å². The third-order valence-corrected chi connectivity index (χ3v) is 15.6. The molecular formula is C45H54ClF2N6O8PS. The summed E-state index contributed by atoms with van der Waals surface area (Å²) >= 11 is 7.25. The number of benzene rings is 2. The summed E-state index contributed by atoms with van der Waals surface area (Å²) in [4.78, 5) is 65.5. The number of likely N-dealkylation sites (tertiary alicyclic amines) is 1. The molecule has 3 fully saturated rings. The minimum atomic E-state index is -4.67. The van der Waals surface area contributed by atoms with Crippen molar-refractivity contribution < 1.29 is 46.8 Å². The van der Waals surface area contributed by atoms with Crippen LogP contribution in [0.2, 0.25) is 5.02 Å². The molecule has 344 valence electrons. The van der Waals surface area contributed by atoms with E-state index in [2.05, 4.69) is 22.5 Å². The van der Waals surface area contributed by atoms with Crippen LogP contribution in [0.5, 0.6) is 11.5 Å². The Hall–Kier alpha value is -4.83. The maximum Gasteiger partial charge on any atom is 0.408 e. The fraction of sp³-hybridized carbons (Fsp3) is 0.489. The number of rotatable bonds is 15. The fourth-order valence-electron chi connectivity index (χ4n) is 8.48. The van der Waals surface area contributed by atoms with Gasteiger partial charge in [-0.3, -0.25) is 14.2 Å². The standard InChI is InChI=1S/C45H54ClF2N6O8PS/c1-8-25-20-45(25,63(58,59)22-31-32(47)15-26(46)16-33(31)48)53-40(55)37-18-29(21-54(37)41(56)39(44(4,5)6)52-43(57)62-27-11-9-10-12-27)61-38-19-35(36-23-64-42(51-36)49-24(2)3)50-34-17-28(60-7)13-14-30(34)38/h8,13-17,19,23-25,27,29,37,39H,1,9-12,18,20-22H2,2-7H3,(H,49,51)(H,52,57)(H,53,55)(H,58,59)/t25-,29-,37+,39-,45+/m1/s1. The first-order valence-corrected chi connectivity index (χ1v) is 24.4. The first-order chi connectivity index (χ1) is 30.2. The molecular weight excluding hydrogens is 889 g/mol. The van der Waals surface area contributed by atoms with Crippen LogP contribution in [0.25, 0.3) is 22.3 Å². The van der Waals surface area contributed by atoms with Gasteiger partial charge in [0, 0.05) is 51.9 Å². The SMILES string of the molecule is C=C[C@@H]1C[C@]1(NC(=O)[C@@H]1C[C@@H](Oc2cc(-c3csc(NC(C)C)n3)nc3cc(OC)ccc23)CN1C(=O)[C@@H](NC(=O)OC1CCCC1)C(C)(C)C)P(=O)(O)Cc1c(F)cc(Cl)cc1F. The number of amides is 3. The summed E-state index contributed by atoms with van der Waals surface area (Å²) in [6.45, 7) is 13.0. The molecule has 19 heteroatoms. The van der Waals surface area contributed by atoms with Crippen LogP contribution in [0.15, 0.2) is 54.4 Å². The molecule has 64 heavy (non-hydrogen) atoms. The van der Waals surface area contributed by atoms with Gasteiger partial charge in [-0.05, 0) is 75.6 Å². The number of nitrogens with zero attached hydrogens (tertiary/aromatic N) is 3. The quantitative estimate of drug-likeness (QED) is 0.0660. The number of aromatic nitrogens is 2. The van der Waals surface area contributed by atoms with Gasteiger partial charge in [0.25, 0.3) is 0 Å². The first kappa shape index (κ1) is 47.1. The molecule has 2 saturated carbocycles. The van der Waals surface area contributed by atoms with Crippen molar-refractivity contribution >= 4 is 64.2 Å². The molecule has 1 unspecified atom stereocenters. The number of pyridine rings is 1. The maximum absolute atomic E-state index is 15.0. The van der Waals surface area contributed by atoms with Crippen LogP contribution in [0.3, 0.4) is 0 Å². The second-order valence-corrected chi connectivity index (χ2v) is 21.9. The topological polar surface area (TPSA) is 181 Å². The van der Waals surface area contributed by atoms with Crippen molar-refractivity contribution in [1.82, 2.24) is 25.5 Å². The number of methoxy groups -OCH3 is 1. The van der Waals surface area contributed by atoms with Crippen molar-refractivity contribution in [2.45, 2.75) is 115 Å². The molecule has 2 aliphatic carbocycles. The van der Waals surface area contributed by atoms with Crippen molar-refractivity contribution in [3.05, 3.63) is 76.7 Å². The number of ether oxygens (including phenoxy) is 3. The number of hydrogen-bond donors (Lipinski definition) is 4. The van der Waals surface area contributed by atoms with Crippen molar-refractivity contribution in [1.29, 1.82) is 0 Å². The molecule has 2 aromatic carbocycles. The Kier molecular flexibility index (Phi) is 13.7. The lowest BCUT2D eigenvalue weighted by Gasteiger charge is -2.36. The number of thiazole rings is 1. The van der Waals surface area contributed by atoms with Gasteiger partial charge in [-0.25, -0.2) is 23.5 Å². The molecule has 0 radical (unpaired) electrons. The van der Waals surface area contributed by atoms with Gasteiger partial charge < -0.3 is 40.0 Å². The van der Waals surface area contributed by atoms with Crippen molar-refractivity contribution in [3.63, 3.8) is 0 Å². The average Bonchev–Trinajstić information content (AvgIpc) is 3.62. The molecule has 0 bridgehead atoms. The van der Waals surface area contributed by atoms with Crippen LogP contribution in [-0.2, 0) is 25.1 Å². The van der Waals surface area contributed by atoms with E-state index in [0.717, 1.165) is 25.0 Å². The second-order valence-electron chi connectivity index (χ2n) is 18.1. The van der Waals surface area contributed by atoms with E-state index in [1.807, 2.05) is 19.2 Å². The van der Waals surface area contributed by atoms with Crippen molar-refractivity contribution in [3.8, 4) is 22.9 Å². The lowest BCUT2D eigenvalue weighted by Crippen LogP contribution is -2.58. The summed E-state index contributed by atoms with van der Waals surface area (Å²) in [7, 11) is -3.13. The molecule has 14 nitrogen and oxygen atoms in total. The Morgan fingerprint density at radius 1 is 1.09 bits per heavy atom. The number of hydrogen-bond acceptors (Lipinski definition) is 11. The van der Waals surface area contributed by atoms with Gasteiger partial charge in [0.1, 0.15) is 58.4 Å². The normalized spacial score (nSPS) is 22.5. The largest absolute Gasteiger partial charge is 0.497 e. The highest BCUT2D eigenvalue weighted by Crippen LogP contribution is 2.71. The Morgan fingerprint density at radius 3 is 2.42 bits per heavy atom. The molecule has 6 atom stereocenters. The molecule has 4 N–H and O–H groups in total. The zero-order valence-corrected chi connectivity index (χ0v) is 39.0. The van der Waals surface area contributed by atoms with Gasteiger partial charge in [0.05, 0.1) is 31.0 Å². The Balaban J connectivity index is 1.23. The van der Waals surface area contributed by atoms with E-state index in [-0.39, 0.29) is 36.6 Å². The molecule has 2 aromatic heterocycles. The third-order valence-electron chi connectivity index (χ3n) is 12.0. The summed E-state index contributed by atoms with van der Waals surface area (Å²) in [5.74, 6) is -3.42. The highest BCUT2D eigenvalue weighted by atomic mass is 35.5. The van der Waals surface area contributed by atoms with E-state index < -0.39 is 83.4 Å². The van der Waals surface area contributed by atoms with Crippen LogP contribution in [-0.4, -0.2) is 86.9 Å². The number of nitrogens with one attached hydrogen (secondary N) is 3. The van der Waals surface area contributed by atoms with Gasteiger partial charge in [-0.2, -0.15) is 0 Å². The second kappa shape index (κ2) is 18.6. The summed E-state index contributed by atoms with van der Waals surface area (Å²) < 4.78 is 62.2. The van der Waals surface area contributed by atoms with E-state index in [4.69, 9.17) is 35.8 Å². The summed E-state index contributed by atoms with van der Waals surface area (Å²) in [5.41, 5.74) is 0.0941. The number of carbonyl (C=O) groups is 3. The van der Waals surface area contributed by atoms with E-state index in [9.17, 15) is 23.8 Å². The van der Waals surface area contributed by atoms with E-state index in [1.165, 1.54) is 22.3 Å². The van der Waals surface area contributed by atoms with Crippen LogP contribution >= 0.6 is 30.3 Å². The number of halogens is 3. The summed E-state index contributed by atoms with van der Waals surface area (Å²) in [5, 5.41) is 9.93. The number of carbonyl (C=O) groups excluding carboxylic acids is 3. The maximum atomic E-state index is 15.0. The summed E-state index contributed by atoms with van der Waals surface area (Å²) in [6.07, 6.45) is 1.73. The van der Waals surface area contributed by atoms with Crippen LogP contribution in [0.1, 0.15) is 78.7 Å². The Bertz CT molecular complexity index is 2480. The predicted octanol–water partition coefficient (Wildman–Crippen LogP) is 9.04. The van der Waals surface area contributed by atoms with Crippen molar-refractivity contribution in [2.24, 2.45) is 11.3 Å². The van der Waals surface area contributed by atoms with E-state index in [1.54, 1.807) is 52.1 Å². The fourth-order valence-corrected chi connectivity index (χ4v) is 11.9. The Morgan fingerprint density at radius 2 is 1.80 bits per heavy atom. The number of fused-ring (bicyclic) bond motifs is 1. The molecule has 3 amide bonds. The molecule has 1 saturated heterocycles.